The molecule has 4 aromatic rings. The Morgan fingerprint density at radius 3 is 1.65 bits per heavy atom. The predicted molar refractivity (Wildman–Crippen MR) is 167 cm³/mol. The van der Waals surface area contributed by atoms with Crippen LogP contribution in [0.4, 0.5) is 0 Å². The number of hydrogen-bond acceptors (Lipinski definition) is 8. The second-order valence-corrected chi connectivity index (χ2v) is 11.2. The average Bonchev–Trinajstić information content (AvgIpc) is 3.33. The van der Waals surface area contributed by atoms with Crippen molar-refractivity contribution in [2.75, 3.05) is 6.61 Å². The number of benzene rings is 4. The highest BCUT2D eigenvalue weighted by molar-refractivity contribution is 6.21. The molecule has 1 saturated heterocycles. The minimum Gasteiger partial charge on any atom is -0.457 e. The quantitative estimate of drug-likeness (QED) is 0.155. The van der Waals surface area contributed by atoms with E-state index < -0.39 is 48.4 Å². The molecule has 236 valence electrons. The summed E-state index contributed by atoms with van der Waals surface area (Å²) >= 11 is 0. The van der Waals surface area contributed by atoms with Crippen LogP contribution in [0.5, 0.6) is 0 Å². The Labute approximate surface area is 267 Å². The van der Waals surface area contributed by atoms with Crippen LogP contribution in [0.2, 0.25) is 0 Å². The van der Waals surface area contributed by atoms with Gasteiger partial charge in [0.25, 0.3) is 11.8 Å². The monoisotopic (exact) mass is 621 g/mol. The van der Waals surface area contributed by atoms with E-state index in [2.05, 4.69) is 0 Å². The highest BCUT2D eigenvalue weighted by atomic mass is 16.7. The molecule has 2 heterocycles. The molecule has 9 heteroatoms. The van der Waals surface area contributed by atoms with Gasteiger partial charge in [-0.1, -0.05) is 103 Å². The molecule has 2 amide bonds. The highest BCUT2D eigenvalue weighted by Gasteiger charge is 2.56. The van der Waals surface area contributed by atoms with Gasteiger partial charge >= 0.3 is 5.97 Å². The van der Waals surface area contributed by atoms with Crippen LogP contribution in [-0.4, -0.2) is 59.9 Å². The average molecular weight is 622 g/mol. The minimum atomic E-state index is -1.14. The van der Waals surface area contributed by atoms with Crippen LogP contribution < -0.4 is 0 Å². The van der Waals surface area contributed by atoms with E-state index in [1.807, 2.05) is 91.0 Å². The number of amides is 2. The fourth-order valence-electron chi connectivity index (χ4n) is 5.82. The molecule has 2 aliphatic heterocycles. The summed E-state index contributed by atoms with van der Waals surface area (Å²) in [5.41, 5.74) is 3.23. The van der Waals surface area contributed by atoms with Crippen molar-refractivity contribution in [3.8, 4) is 0 Å². The predicted octanol–water partition coefficient (Wildman–Crippen LogP) is 5.33. The maximum absolute atomic E-state index is 13.9. The molecule has 0 aliphatic carbocycles. The molecule has 0 bridgehead atoms. The van der Waals surface area contributed by atoms with Gasteiger partial charge in [0.15, 0.2) is 12.4 Å². The second-order valence-electron chi connectivity index (χ2n) is 11.2. The number of nitrogens with zero attached hydrogens (tertiary/aromatic N) is 1. The van der Waals surface area contributed by atoms with Crippen LogP contribution in [0, 0.1) is 0 Å². The molecule has 0 N–H and O–H groups in total. The molecular formula is C37H35NO8. The van der Waals surface area contributed by atoms with E-state index in [4.69, 9.17) is 23.7 Å². The second kappa shape index (κ2) is 14.6. The van der Waals surface area contributed by atoms with Gasteiger partial charge in [-0.25, -0.2) is 0 Å². The molecular weight excluding hydrogens is 586 g/mol. The van der Waals surface area contributed by atoms with E-state index in [1.54, 1.807) is 24.3 Å². The molecule has 6 rings (SSSR count). The number of imide groups is 1. The highest BCUT2D eigenvalue weighted by Crippen LogP contribution is 2.36. The molecule has 0 unspecified atom stereocenters. The van der Waals surface area contributed by atoms with Gasteiger partial charge in [0.05, 0.1) is 37.6 Å². The summed E-state index contributed by atoms with van der Waals surface area (Å²) in [6.45, 7) is 1.86. The zero-order valence-corrected chi connectivity index (χ0v) is 25.4. The van der Waals surface area contributed by atoms with Crippen LogP contribution in [-0.2, 0) is 48.3 Å². The summed E-state index contributed by atoms with van der Waals surface area (Å²) in [6.07, 6.45) is -4.05. The van der Waals surface area contributed by atoms with Gasteiger partial charge in [-0.3, -0.25) is 19.3 Å². The van der Waals surface area contributed by atoms with Crippen molar-refractivity contribution >= 4 is 17.8 Å². The Hall–Kier alpha value is -4.67. The third-order valence-corrected chi connectivity index (χ3v) is 7.98. The van der Waals surface area contributed by atoms with Crippen molar-refractivity contribution in [2.24, 2.45) is 0 Å². The maximum atomic E-state index is 13.9. The first-order valence-corrected chi connectivity index (χ1v) is 15.2. The summed E-state index contributed by atoms with van der Waals surface area (Å²) in [7, 11) is 0. The van der Waals surface area contributed by atoms with Gasteiger partial charge in [-0.15, -0.1) is 0 Å². The topological polar surface area (TPSA) is 101 Å². The lowest BCUT2D eigenvalue weighted by Crippen LogP contribution is -2.67. The first kappa shape index (κ1) is 31.3. The third kappa shape index (κ3) is 7.08. The molecule has 0 saturated carbocycles. The van der Waals surface area contributed by atoms with E-state index in [-0.39, 0.29) is 30.9 Å². The molecule has 4 aromatic carbocycles. The lowest BCUT2D eigenvalue weighted by molar-refractivity contribution is -0.295. The van der Waals surface area contributed by atoms with Crippen molar-refractivity contribution in [3.05, 3.63) is 143 Å². The van der Waals surface area contributed by atoms with Gasteiger partial charge in [0.1, 0.15) is 18.2 Å². The fraction of sp³-hybridized carbons (Fsp3) is 0.270. The number of carbonyl (C=O) groups is 3. The zero-order chi connectivity index (χ0) is 31.9. The molecule has 0 aromatic heterocycles. The molecule has 2 aliphatic rings. The van der Waals surface area contributed by atoms with Gasteiger partial charge < -0.3 is 23.7 Å². The van der Waals surface area contributed by atoms with E-state index >= 15 is 0 Å². The summed E-state index contributed by atoms with van der Waals surface area (Å²) in [6, 6.07) is 34.2. The first-order valence-electron chi connectivity index (χ1n) is 15.2. The molecule has 0 radical (unpaired) electrons. The summed E-state index contributed by atoms with van der Waals surface area (Å²) < 4.78 is 31.4. The SMILES string of the molecule is CC(=O)O[C@H]1[C@H](OCc2ccccc2)[C@@H](N2C(=O)c3ccccc3C2=O)[C@H](OCc2ccccc2)O[C@@H]1COCc1ccccc1. The van der Waals surface area contributed by atoms with Crippen molar-refractivity contribution in [2.45, 2.75) is 57.4 Å². The molecule has 46 heavy (non-hydrogen) atoms. The third-order valence-electron chi connectivity index (χ3n) is 7.98. The number of rotatable bonds is 12. The zero-order valence-electron chi connectivity index (χ0n) is 25.4. The van der Waals surface area contributed by atoms with Gasteiger partial charge in [-0.05, 0) is 28.8 Å². The lowest BCUT2D eigenvalue weighted by Gasteiger charge is -2.47. The Balaban J connectivity index is 1.37. The van der Waals surface area contributed by atoms with E-state index in [0.29, 0.717) is 6.61 Å². The van der Waals surface area contributed by atoms with E-state index in [0.717, 1.165) is 21.6 Å². The number of ether oxygens (including phenoxy) is 5. The number of esters is 1. The molecule has 5 atom stereocenters. The van der Waals surface area contributed by atoms with Gasteiger partial charge in [-0.2, -0.15) is 0 Å². The van der Waals surface area contributed by atoms with Crippen molar-refractivity contribution < 1.29 is 38.1 Å². The van der Waals surface area contributed by atoms with Crippen LogP contribution in [0.25, 0.3) is 0 Å². The lowest BCUT2D eigenvalue weighted by atomic mass is 9.94. The summed E-state index contributed by atoms with van der Waals surface area (Å²) in [4.78, 5) is 41.5. The fourth-order valence-corrected chi connectivity index (χ4v) is 5.82. The molecule has 1 fully saturated rings. The number of hydrogen-bond donors (Lipinski definition) is 0. The van der Waals surface area contributed by atoms with Crippen LogP contribution >= 0.6 is 0 Å². The number of carbonyl (C=O) groups excluding carboxylic acids is 3. The van der Waals surface area contributed by atoms with Crippen LogP contribution in [0.1, 0.15) is 44.3 Å². The maximum Gasteiger partial charge on any atom is 0.303 e. The normalized spacial score (nSPS) is 22.5. The van der Waals surface area contributed by atoms with Crippen LogP contribution in [0.3, 0.4) is 0 Å². The Morgan fingerprint density at radius 2 is 1.13 bits per heavy atom. The Morgan fingerprint density at radius 1 is 0.652 bits per heavy atom. The largest absolute Gasteiger partial charge is 0.457 e. The van der Waals surface area contributed by atoms with Crippen molar-refractivity contribution in [3.63, 3.8) is 0 Å². The van der Waals surface area contributed by atoms with Crippen LogP contribution in [0.15, 0.2) is 115 Å². The Kier molecular flexibility index (Phi) is 9.95. The van der Waals surface area contributed by atoms with Gasteiger partial charge in [0, 0.05) is 6.92 Å². The van der Waals surface area contributed by atoms with Crippen molar-refractivity contribution in [1.82, 2.24) is 4.90 Å². The minimum absolute atomic E-state index is 0.0259. The Bertz CT molecular complexity index is 1600. The standard InChI is InChI=1S/C37H35NO8/c1-25(39)45-33-31(24-42-21-26-13-5-2-6-14-26)46-37(44-23-28-17-9-4-10-18-28)32(34(33)43-22-27-15-7-3-8-16-27)38-35(40)29-19-11-12-20-30(29)36(38)41/h2-20,31-34,37H,21-24H2,1H3/t31-,32-,33-,34-,37-/m1/s1. The summed E-state index contributed by atoms with van der Waals surface area (Å²) in [5, 5.41) is 0. The molecule has 9 nitrogen and oxygen atoms in total. The first-order chi connectivity index (χ1) is 22.5. The molecule has 0 spiro atoms. The number of fused-ring (bicyclic) bond motifs is 1. The van der Waals surface area contributed by atoms with Crippen molar-refractivity contribution in [1.29, 1.82) is 0 Å². The summed E-state index contributed by atoms with van der Waals surface area (Å²) in [5.74, 6) is -1.58. The van der Waals surface area contributed by atoms with E-state index in [9.17, 15) is 14.4 Å². The smallest absolute Gasteiger partial charge is 0.303 e. The van der Waals surface area contributed by atoms with Gasteiger partial charge in [0.2, 0.25) is 0 Å². The van der Waals surface area contributed by atoms with E-state index in [1.165, 1.54) is 6.92 Å².